The molecule has 2 fully saturated rings. The first-order chi connectivity index (χ1) is 12.3. The highest BCUT2D eigenvalue weighted by Crippen LogP contribution is 2.39. The fourth-order valence-electron chi connectivity index (χ4n) is 4.22. The molecule has 5 nitrogen and oxygen atoms in total. The number of aryl methyl sites for hydroxylation is 1. The van der Waals surface area contributed by atoms with E-state index >= 15 is 0 Å². The first kappa shape index (κ1) is 16.2. The molecule has 2 heterocycles. The molecular formula is C20H25N3O2. The van der Waals surface area contributed by atoms with Crippen molar-refractivity contribution in [3.8, 4) is 5.75 Å². The molecule has 3 atom stereocenters. The molecule has 1 saturated heterocycles. The normalized spacial score (nSPS) is 25.1. The van der Waals surface area contributed by atoms with E-state index < -0.39 is 0 Å². The molecule has 2 aromatic rings. The van der Waals surface area contributed by atoms with Gasteiger partial charge in [0.2, 0.25) is 5.91 Å². The second kappa shape index (κ2) is 7.30. The van der Waals surface area contributed by atoms with Gasteiger partial charge >= 0.3 is 0 Å². The molecule has 4 rings (SSSR count). The lowest BCUT2D eigenvalue weighted by Gasteiger charge is -2.20. The van der Waals surface area contributed by atoms with E-state index in [9.17, 15) is 4.79 Å². The van der Waals surface area contributed by atoms with Crippen molar-refractivity contribution in [2.45, 2.75) is 38.3 Å². The number of para-hydroxylation sites is 1. The Balaban J connectivity index is 1.21. The van der Waals surface area contributed by atoms with Crippen LogP contribution in [0.5, 0.6) is 5.75 Å². The van der Waals surface area contributed by atoms with E-state index in [4.69, 9.17) is 4.74 Å². The predicted octanol–water partition coefficient (Wildman–Crippen LogP) is 2.98. The summed E-state index contributed by atoms with van der Waals surface area (Å²) in [6.07, 6.45) is 7.62. The number of amides is 1. The minimum Gasteiger partial charge on any atom is -0.490 e. The van der Waals surface area contributed by atoms with Crippen molar-refractivity contribution < 1.29 is 9.53 Å². The van der Waals surface area contributed by atoms with Crippen LogP contribution in [-0.2, 0) is 11.3 Å². The molecule has 0 bridgehead atoms. The highest BCUT2D eigenvalue weighted by molar-refractivity contribution is 5.76. The van der Waals surface area contributed by atoms with E-state index in [0.717, 1.165) is 44.6 Å². The number of hydrogen-bond acceptors (Lipinski definition) is 3. The molecule has 0 N–H and O–H groups in total. The van der Waals surface area contributed by atoms with Crippen LogP contribution in [0.25, 0.3) is 0 Å². The lowest BCUT2D eigenvalue weighted by atomic mass is 10.0. The molecular weight excluding hydrogens is 314 g/mol. The molecule has 2 aliphatic rings. The van der Waals surface area contributed by atoms with Crippen LogP contribution in [0.15, 0.2) is 48.8 Å². The van der Waals surface area contributed by atoms with E-state index in [1.807, 2.05) is 47.3 Å². The van der Waals surface area contributed by atoms with Gasteiger partial charge in [0, 0.05) is 38.4 Å². The number of carbonyl (C=O) groups excluding carboxylic acids is 1. The van der Waals surface area contributed by atoms with Crippen LogP contribution in [0.4, 0.5) is 0 Å². The van der Waals surface area contributed by atoms with E-state index in [2.05, 4.69) is 10.00 Å². The van der Waals surface area contributed by atoms with Crippen molar-refractivity contribution in [2.24, 2.45) is 11.8 Å². The molecule has 1 amide bonds. The Morgan fingerprint density at radius 1 is 1.12 bits per heavy atom. The van der Waals surface area contributed by atoms with Crippen molar-refractivity contribution in [3.63, 3.8) is 0 Å². The Morgan fingerprint density at radius 2 is 1.88 bits per heavy atom. The fourth-order valence-corrected chi connectivity index (χ4v) is 4.22. The fraction of sp³-hybridized carbons (Fsp3) is 0.500. The molecule has 0 radical (unpaired) electrons. The van der Waals surface area contributed by atoms with Gasteiger partial charge in [-0.15, -0.1) is 0 Å². The molecule has 5 heteroatoms. The van der Waals surface area contributed by atoms with Crippen LogP contribution >= 0.6 is 0 Å². The van der Waals surface area contributed by atoms with Gasteiger partial charge in [-0.3, -0.25) is 9.48 Å². The summed E-state index contributed by atoms with van der Waals surface area (Å²) in [6, 6.07) is 12.0. The molecule has 1 aliphatic carbocycles. The van der Waals surface area contributed by atoms with Crippen molar-refractivity contribution in [3.05, 3.63) is 48.8 Å². The molecule has 1 saturated carbocycles. The van der Waals surface area contributed by atoms with Gasteiger partial charge in [-0.25, -0.2) is 0 Å². The highest BCUT2D eigenvalue weighted by atomic mass is 16.5. The number of likely N-dealkylation sites (tertiary alicyclic amines) is 1. The van der Waals surface area contributed by atoms with Crippen molar-refractivity contribution in [1.29, 1.82) is 0 Å². The van der Waals surface area contributed by atoms with Crippen molar-refractivity contribution in [1.82, 2.24) is 14.7 Å². The predicted molar refractivity (Wildman–Crippen MR) is 95.1 cm³/mol. The van der Waals surface area contributed by atoms with Crippen LogP contribution in [0.3, 0.4) is 0 Å². The average molecular weight is 339 g/mol. The molecule has 1 aromatic carbocycles. The first-order valence-corrected chi connectivity index (χ1v) is 9.25. The topological polar surface area (TPSA) is 47.4 Å². The highest BCUT2D eigenvalue weighted by Gasteiger charge is 2.43. The van der Waals surface area contributed by atoms with Gasteiger partial charge in [-0.1, -0.05) is 18.2 Å². The first-order valence-electron chi connectivity index (χ1n) is 9.25. The largest absolute Gasteiger partial charge is 0.490 e. The molecule has 1 aliphatic heterocycles. The molecule has 1 unspecified atom stereocenters. The quantitative estimate of drug-likeness (QED) is 0.813. The number of rotatable bonds is 6. The smallest absolute Gasteiger partial charge is 0.222 e. The average Bonchev–Trinajstić information content (AvgIpc) is 3.32. The second-order valence-electron chi connectivity index (χ2n) is 7.22. The summed E-state index contributed by atoms with van der Waals surface area (Å²) < 4.78 is 7.99. The zero-order valence-electron chi connectivity index (χ0n) is 14.5. The van der Waals surface area contributed by atoms with Crippen LogP contribution in [0, 0.1) is 11.8 Å². The Hall–Kier alpha value is -2.30. The Labute approximate surface area is 148 Å². The van der Waals surface area contributed by atoms with E-state index in [0.29, 0.717) is 30.3 Å². The Morgan fingerprint density at radius 3 is 2.56 bits per heavy atom. The minimum absolute atomic E-state index is 0.294. The minimum atomic E-state index is 0.294. The molecule has 132 valence electrons. The molecule has 1 aromatic heterocycles. The maximum absolute atomic E-state index is 12.4. The number of hydrogen-bond donors (Lipinski definition) is 0. The zero-order valence-corrected chi connectivity index (χ0v) is 14.5. The Bertz CT molecular complexity index is 672. The van der Waals surface area contributed by atoms with Crippen molar-refractivity contribution in [2.75, 3.05) is 13.1 Å². The third-order valence-electron chi connectivity index (χ3n) is 5.44. The second-order valence-corrected chi connectivity index (χ2v) is 7.22. The van der Waals surface area contributed by atoms with E-state index in [1.165, 1.54) is 0 Å². The number of carbonyl (C=O) groups is 1. The summed E-state index contributed by atoms with van der Waals surface area (Å²) in [6.45, 7) is 2.62. The van der Waals surface area contributed by atoms with Gasteiger partial charge in [-0.05, 0) is 49.3 Å². The van der Waals surface area contributed by atoms with Crippen LogP contribution in [-0.4, -0.2) is 39.8 Å². The van der Waals surface area contributed by atoms with E-state index in [1.54, 1.807) is 6.20 Å². The Kier molecular flexibility index (Phi) is 4.72. The summed E-state index contributed by atoms with van der Waals surface area (Å²) in [5, 5.41) is 4.18. The lowest BCUT2D eigenvalue weighted by molar-refractivity contribution is -0.130. The van der Waals surface area contributed by atoms with Gasteiger partial charge in [0.25, 0.3) is 0 Å². The van der Waals surface area contributed by atoms with E-state index in [-0.39, 0.29) is 0 Å². The zero-order chi connectivity index (χ0) is 17.1. The number of fused-ring (bicyclic) bond motifs is 1. The number of aromatic nitrogens is 2. The van der Waals surface area contributed by atoms with Gasteiger partial charge < -0.3 is 9.64 Å². The summed E-state index contributed by atoms with van der Waals surface area (Å²) in [7, 11) is 0. The number of nitrogens with zero attached hydrogens (tertiary/aromatic N) is 3. The van der Waals surface area contributed by atoms with Crippen molar-refractivity contribution >= 4 is 5.91 Å². The van der Waals surface area contributed by atoms with Crippen LogP contribution in [0.2, 0.25) is 0 Å². The maximum Gasteiger partial charge on any atom is 0.222 e. The summed E-state index contributed by atoms with van der Waals surface area (Å²) in [4.78, 5) is 14.5. The van der Waals surface area contributed by atoms with Gasteiger partial charge in [0.05, 0.1) is 6.10 Å². The summed E-state index contributed by atoms with van der Waals surface area (Å²) in [5.74, 6) is 2.45. The third-order valence-corrected chi connectivity index (χ3v) is 5.44. The standard InChI is InChI=1S/C20H25N3O2/c24-20(8-4-10-23-11-5-9-21-23)22-14-16-12-19(13-17(16)15-22)25-18-6-2-1-3-7-18/h1-3,5-7,9,11,16-17,19H,4,8,10,12-15H2/t16-,17+,19?. The monoisotopic (exact) mass is 339 g/mol. The lowest BCUT2D eigenvalue weighted by Crippen LogP contribution is -2.30. The van der Waals surface area contributed by atoms with Gasteiger partial charge in [0.1, 0.15) is 5.75 Å². The molecule has 0 spiro atoms. The maximum atomic E-state index is 12.4. The summed E-state index contributed by atoms with van der Waals surface area (Å²) >= 11 is 0. The molecule has 25 heavy (non-hydrogen) atoms. The van der Waals surface area contributed by atoms with Crippen LogP contribution < -0.4 is 4.74 Å². The summed E-state index contributed by atoms with van der Waals surface area (Å²) in [5.41, 5.74) is 0. The van der Waals surface area contributed by atoms with Crippen LogP contribution in [0.1, 0.15) is 25.7 Å². The van der Waals surface area contributed by atoms with Gasteiger partial charge in [0.15, 0.2) is 0 Å². The number of benzene rings is 1. The van der Waals surface area contributed by atoms with Gasteiger partial charge in [-0.2, -0.15) is 5.10 Å². The third kappa shape index (κ3) is 3.86. The SMILES string of the molecule is O=C(CCCn1cccn1)N1C[C@H]2CC(Oc3ccccc3)C[C@H]2C1. The number of ether oxygens (including phenoxy) is 1.